The Morgan fingerprint density at radius 2 is 2.39 bits per heavy atom. The summed E-state index contributed by atoms with van der Waals surface area (Å²) in [5.74, 6) is 1.71. The van der Waals surface area contributed by atoms with Crippen LogP contribution in [0.15, 0.2) is 18.3 Å². The van der Waals surface area contributed by atoms with Crippen LogP contribution in [0.2, 0.25) is 0 Å². The second-order valence-electron chi connectivity index (χ2n) is 5.07. The molecule has 1 fully saturated rings. The van der Waals surface area contributed by atoms with E-state index in [-0.39, 0.29) is 0 Å². The van der Waals surface area contributed by atoms with E-state index in [1.807, 2.05) is 12.1 Å². The number of thiocarbonyl (C=S) groups is 1. The third-order valence-corrected chi connectivity index (χ3v) is 3.68. The number of aromatic nitrogens is 1. The zero-order chi connectivity index (χ0) is 13.1. The van der Waals surface area contributed by atoms with Gasteiger partial charge in [-0.15, -0.1) is 0 Å². The molecule has 2 N–H and O–H groups in total. The minimum absolute atomic E-state index is 0.397. The molecule has 1 unspecified atom stereocenters. The van der Waals surface area contributed by atoms with Crippen molar-refractivity contribution in [3.8, 4) is 0 Å². The number of hydrogen-bond donors (Lipinski definition) is 1. The first-order valence-corrected chi connectivity index (χ1v) is 6.62. The maximum absolute atomic E-state index is 5.56. The van der Waals surface area contributed by atoms with Crippen LogP contribution in [-0.4, -0.2) is 48.6 Å². The first kappa shape index (κ1) is 13.2. The molecule has 0 spiro atoms. The third kappa shape index (κ3) is 3.17. The zero-order valence-electron chi connectivity index (χ0n) is 11.0. The molecule has 1 aliphatic rings. The van der Waals surface area contributed by atoms with Crippen LogP contribution in [0.4, 0.5) is 5.82 Å². The Balaban J connectivity index is 1.96. The summed E-state index contributed by atoms with van der Waals surface area (Å²) in [6, 6.07) is 3.91. The normalized spacial score (nSPS) is 20.0. The Labute approximate surface area is 114 Å². The van der Waals surface area contributed by atoms with E-state index in [1.165, 1.54) is 19.5 Å². The Morgan fingerprint density at radius 1 is 1.61 bits per heavy atom. The Hall–Kier alpha value is -1.20. The van der Waals surface area contributed by atoms with Crippen molar-refractivity contribution in [3.05, 3.63) is 23.9 Å². The number of nitrogens with two attached hydrogens (primary N) is 1. The van der Waals surface area contributed by atoms with Gasteiger partial charge >= 0.3 is 0 Å². The molecule has 0 aromatic carbocycles. The molecule has 0 aliphatic carbocycles. The Kier molecular flexibility index (Phi) is 4.14. The summed E-state index contributed by atoms with van der Waals surface area (Å²) in [4.78, 5) is 9.38. The molecule has 2 rings (SSSR count). The van der Waals surface area contributed by atoms with Crippen molar-refractivity contribution in [2.45, 2.75) is 6.42 Å². The van der Waals surface area contributed by atoms with Gasteiger partial charge in [0.15, 0.2) is 0 Å². The maximum atomic E-state index is 5.56. The molecule has 1 saturated heterocycles. The first-order chi connectivity index (χ1) is 8.56. The molecular weight excluding hydrogens is 244 g/mol. The van der Waals surface area contributed by atoms with Crippen molar-refractivity contribution in [3.63, 3.8) is 0 Å². The molecule has 1 aromatic heterocycles. The van der Waals surface area contributed by atoms with Crippen LogP contribution >= 0.6 is 12.2 Å². The van der Waals surface area contributed by atoms with Crippen molar-refractivity contribution < 1.29 is 0 Å². The predicted molar refractivity (Wildman–Crippen MR) is 79.0 cm³/mol. The average molecular weight is 264 g/mol. The quantitative estimate of drug-likeness (QED) is 0.825. The van der Waals surface area contributed by atoms with Gasteiger partial charge in [-0.3, -0.25) is 0 Å². The topological polar surface area (TPSA) is 45.4 Å². The number of hydrogen-bond acceptors (Lipinski definition) is 4. The Morgan fingerprint density at radius 3 is 2.89 bits per heavy atom. The zero-order valence-corrected chi connectivity index (χ0v) is 11.8. The lowest BCUT2D eigenvalue weighted by Gasteiger charge is -2.22. The van der Waals surface area contributed by atoms with Gasteiger partial charge in [0.25, 0.3) is 0 Å². The maximum Gasteiger partial charge on any atom is 0.128 e. The average Bonchev–Trinajstić information content (AvgIpc) is 2.75. The molecule has 5 heteroatoms. The summed E-state index contributed by atoms with van der Waals surface area (Å²) < 4.78 is 0. The van der Waals surface area contributed by atoms with Gasteiger partial charge in [0.1, 0.15) is 10.8 Å². The fourth-order valence-electron chi connectivity index (χ4n) is 2.41. The Bertz CT molecular complexity index is 418. The molecule has 1 aliphatic heterocycles. The largest absolute Gasteiger partial charge is 0.389 e. The lowest BCUT2D eigenvalue weighted by molar-refractivity contribution is 0.395. The van der Waals surface area contributed by atoms with E-state index in [4.69, 9.17) is 18.0 Å². The second kappa shape index (κ2) is 5.63. The van der Waals surface area contributed by atoms with Gasteiger partial charge in [-0.1, -0.05) is 12.2 Å². The van der Waals surface area contributed by atoms with E-state index in [0.29, 0.717) is 4.99 Å². The number of pyridine rings is 1. The molecule has 98 valence electrons. The molecule has 2 heterocycles. The molecule has 0 saturated carbocycles. The molecule has 1 atom stereocenters. The molecular formula is C13H20N4S. The van der Waals surface area contributed by atoms with Gasteiger partial charge in [0, 0.05) is 31.9 Å². The molecule has 0 bridgehead atoms. The van der Waals surface area contributed by atoms with Crippen molar-refractivity contribution in [2.75, 3.05) is 38.6 Å². The van der Waals surface area contributed by atoms with Crippen LogP contribution in [0.3, 0.4) is 0 Å². The number of rotatable bonds is 4. The van der Waals surface area contributed by atoms with E-state index < -0.39 is 0 Å². The molecule has 0 amide bonds. The molecule has 18 heavy (non-hydrogen) atoms. The van der Waals surface area contributed by atoms with Crippen LogP contribution in [0.1, 0.15) is 12.0 Å². The highest BCUT2D eigenvalue weighted by atomic mass is 32.1. The van der Waals surface area contributed by atoms with Crippen molar-refractivity contribution >= 4 is 23.0 Å². The highest BCUT2D eigenvalue weighted by Gasteiger charge is 2.21. The van der Waals surface area contributed by atoms with E-state index in [1.54, 1.807) is 6.20 Å². The smallest absolute Gasteiger partial charge is 0.128 e. The number of anilines is 1. The van der Waals surface area contributed by atoms with Gasteiger partial charge in [-0.25, -0.2) is 4.98 Å². The van der Waals surface area contributed by atoms with Crippen LogP contribution < -0.4 is 10.6 Å². The van der Waals surface area contributed by atoms with Gasteiger partial charge in [0.05, 0.1) is 0 Å². The van der Waals surface area contributed by atoms with Crippen molar-refractivity contribution in [2.24, 2.45) is 11.7 Å². The van der Waals surface area contributed by atoms with Crippen molar-refractivity contribution in [1.82, 2.24) is 9.88 Å². The van der Waals surface area contributed by atoms with E-state index in [9.17, 15) is 0 Å². The molecule has 4 nitrogen and oxygen atoms in total. The fraction of sp³-hybridized carbons (Fsp3) is 0.538. The highest BCUT2D eigenvalue weighted by molar-refractivity contribution is 7.80. The van der Waals surface area contributed by atoms with Crippen LogP contribution in [0.5, 0.6) is 0 Å². The standard InChI is InChI=1S/C13H20N4S/c1-16-6-5-10(8-16)9-17(2)12-4-3-11(7-15-12)13(14)18/h3-4,7,10H,5-6,8-9H2,1-2H3,(H2,14,18). The van der Waals surface area contributed by atoms with Gasteiger partial charge in [-0.05, 0) is 38.1 Å². The van der Waals surface area contributed by atoms with Crippen LogP contribution in [0, 0.1) is 5.92 Å². The lowest BCUT2D eigenvalue weighted by Crippen LogP contribution is -2.27. The fourth-order valence-corrected chi connectivity index (χ4v) is 2.53. The summed E-state index contributed by atoms with van der Waals surface area (Å²) in [6.07, 6.45) is 3.01. The van der Waals surface area contributed by atoms with E-state index in [0.717, 1.165) is 23.8 Å². The summed E-state index contributed by atoms with van der Waals surface area (Å²) in [5.41, 5.74) is 6.38. The van der Waals surface area contributed by atoms with Gasteiger partial charge in [-0.2, -0.15) is 0 Å². The first-order valence-electron chi connectivity index (χ1n) is 6.22. The monoisotopic (exact) mass is 264 g/mol. The van der Waals surface area contributed by atoms with E-state index >= 15 is 0 Å². The highest BCUT2D eigenvalue weighted by Crippen LogP contribution is 2.18. The molecule has 0 radical (unpaired) electrons. The summed E-state index contributed by atoms with van der Waals surface area (Å²) in [7, 11) is 4.26. The summed E-state index contributed by atoms with van der Waals surface area (Å²) >= 11 is 4.92. The van der Waals surface area contributed by atoms with Crippen LogP contribution in [-0.2, 0) is 0 Å². The van der Waals surface area contributed by atoms with E-state index in [2.05, 4.69) is 28.9 Å². The molecule has 1 aromatic rings. The number of nitrogens with zero attached hydrogens (tertiary/aromatic N) is 3. The van der Waals surface area contributed by atoms with Gasteiger partial charge < -0.3 is 15.5 Å². The number of likely N-dealkylation sites (tertiary alicyclic amines) is 1. The van der Waals surface area contributed by atoms with Gasteiger partial charge in [0.2, 0.25) is 0 Å². The summed E-state index contributed by atoms with van der Waals surface area (Å²) in [5, 5.41) is 0. The third-order valence-electron chi connectivity index (χ3n) is 3.44. The van der Waals surface area contributed by atoms with Crippen LogP contribution in [0.25, 0.3) is 0 Å². The lowest BCUT2D eigenvalue weighted by atomic mass is 10.1. The SMILES string of the molecule is CN1CCC(CN(C)c2ccc(C(N)=S)cn2)C1. The predicted octanol–water partition coefficient (Wildman–Crippen LogP) is 1.10. The summed E-state index contributed by atoms with van der Waals surface area (Å²) in [6.45, 7) is 3.42. The minimum Gasteiger partial charge on any atom is -0.389 e. The van der Waals surface area contributed by atoms with Crippen molar-refractivity contribution in [1.29, 1.82) is 0 Å². The minimum atomic E-state index is 0.397. The second-order valence-corrected chi connectivity index (χ2v) is 5.51.